The van der Waals surface area contributed by atoms with E-state index >= 15 is 0 Å². The van der Waals surface area contributed by atoms with E-state index in [1.54, 1.807) is 14.2 Å². The van der Waals surface area contributed by atoms with Crippen LogP contribution in [0.2, 0.25) is 10.0 Å². The first-order valence-electron chi connectivity index (χ1n) is 4.28. The molecule has 0 aromatic rings. The van der Waals surface area contributed by atoms with Crippen LogP contribution in [0.15, 0.2) is 0 Å². The summed E-state index contributed by atoms with van der Waals surface area (Å²) in [5.41, 5.74) is 0. The summed E-state index contributed by atoms with van der Waals surface area (Å²) < 4.78 is 9.35. The molecule has 0 amide bonds. The van der Waals surface area contributed by atoms with Gasteiger partial charge in [-0.15, -0.1) is 0 Å². The molecule has 0 aliphatic rings. The summed E-state index contributed by atoms with van der Waals surface area (Å²) in [5.74, 6) is 0. The molecule has 0 radical (unpaired) electrons. The van der Waals surface area contributed by atoms with Gasteiger partial charge in [0.2, 0.25) is 0 Å². The van der Waals surface area contributed by atoms with Gasteiger partial charge in [0.15, 0.2) is 6.29 Å². The van der Waals surface area contributed by atoms with Crippen molar-refractivity contribution >= 4 is 0 Å². The number of rotatable bonds is 4. The molecule has 0 atom stereocenters. The second-order valence-corrected chi connectivity index (χ2v) is 8.07. The Morgan fingerprint density at radius 3 is 1.29 bits per heavy atom. The molecule has 0 bridgehead atoms. The zero-order valence-corrected chi connectivity index (χ0v) is 15.1. The fourth-order valence-corrected chi connectivity index (χ4v) is 1.93. The number of hydrogen-bond donors (Lipinski definition) is 0. The smallest absolute Gasteiger partial charge is 1.00 e. The average Bonchev–Trinajstić information content (AvgIpc) is 2.06. The van der Waals surface area contributed by atoms with Crippen LogP contribution in [0.4, 0.5) is 0 Å². The minimum Gasteiger partial charge on any atom is -1.00 e. The molecule has 6 heteroatoms. The molecule has 0 saturated carbocycles. The van der Waals surface area contributed by atoms with Gasteiger partial charge in [0.25, 0.3) is 0 Å². The first-order chi connectivity index (χ1) is 5.22. The van der Waals surface area contributed by atoms with E-state index in [0.717, 1.165) is 0 Å². The van der Waals surface area contributed by atoms with Crippen molar-refractivity contribution in [2.45, 2.75) is 37.1 Å². The van der Waals surface area contributed by atoms with Crippen LogP contribution >= 0.6 is 0 Å². The topological polar surface area (TPSA) is 18.5 Å². The Balaban J connectivity index is -0.0000000321. The van der Waals surface area contributed by atoms with Crippen molar-refractivity contribution < 1.29 is 67.9 Å². The van der Waals surface area contributed by atoms with Crippen LogP contribution in [0.25, 0.3) is 0 Å². The summed E-state index contributed by atoms with van der Waals surface area (Å²) in [6, 6.07) is 0. The predicted octanol–water partition coefficient (Wildman–Crippen LogP) is -3.42. The zero-order valence-electron chi connectivity index (χ0n) is 9.59. The Hall–Kier alpha value is 1.62. The normalized spacial score (nSPS) is 6.71. The zero-order chi connectivity index (χ0) is 9.11. The van der Waals surface area contributed by atoms with Crippen LogP contribution in [-0.2, 0) is 43.1 Å². The van der Waals surface area contributed by atoms with Gasteiger partial charge in [-0.25, -0.2) is 0 Å². The fraction of sp³-hybridized carbons (Fsp3) is 1.00. The van der Waals surface area contributed by atoms with Crippen LogP contribution in [0, 0.1) is 0 Å². The number of hydrogen-bond acceptors (Lipinski definition) is 2. The molecule has 0 rings (SSSR count). The summed E-state index contributed by atoms with van der Waals surface area (Å²) >= 11 is 0.0972. The van der Waals surface area contributed by atoms with E-state index in [-0.39, 0.29) is 64.7 Å². The maximum absolute atomic E-state index is 4.68. The van der Waals surface area contributed by atoms with E-state index in [0.29, 0.717) is 0 Å². The van der Waals surface area contributed by atoms with Gasteiger partial charge >= 0.3 is 57.5 Å². The Bertz CT molecular complexity index is 67.3. The van der Waals surface area contributed by atoms with Gasteiger partial charge in [-0.1, -0.05) is 0 Å². The van der Waals surface area contributed by atoms with Gasteiger partial charge < -0.3 is 34.3 Å². The molecule has 0 unspecified atom stereocenters. The SMILES string of the molecule is COC(C)OC.C[CH2][Zn][CH2]C.[Cl-].[Cl-].[Ni+2]. The van der Waals surface area contributed by atoms with Crippen LogP contribution in [0.3, 0.4) is 0 Å². The van der Waals surface area contributed by atoms with Gasteiger partial charge in [0.05, 0.1) is 0 Å². The molecule has 0 heterocycles. The van der Waals surface area contributed by atoms with Crippen molar-refractivity contribution in [2.24, 2.45) is 0 Å². The van der Waals surface area contributed by atoms with E-state index in [9.17, 15) is 0 Å². The molecule has 90 valence electrons. The average molecular weight is 343 g/mol. The molecule has 0 aromatic heterocycles. The summed E-state index contributed by atoms with van der Waals surface area (Å²) in [5, 5.41) is 3.06. The quantitative estimate of drug-likeness (QED) is 0.391. The Kier molecular flexibility index (Phi) is 62.0. The summed E-state index contributed by atoms with van der Waals surface area (Å²) in [6.45, 7) is 6.42. The summed E-state index contributed by atoms with van der Waals surface area (Å²) in [7, 11) is 3.21. The predicted molar refractivity (Wildman–Crippen MR) is 44.4 cm³/mol. The maximum atomic E-state index is 4.68. The third kappa shape index (κ3) is 37.4. The van der Waals surface area contributed by atoms with Gasteiger partial charge in [-0.2, -0.15) is 0 Å². The van der Waals surface area contributed by atoms with Crippen LogP contribution in [0.1, 0.15) is 20.8 Å². The van der Waals surface area contributed by atoms with Crippen LogP contribution in [-0.4, -0.2) is 20.5 Å². The molecule has 0 aromatic carbocycles. The largest absolute Gasteiger partial charge is 2.00 e. The minimum atomic E-state index is -0.0648. The van der Waals surface area contributed by atoms with E-state index in [1.807, 2.05) is 6.92 Å². The number of halogens is 2. The molecule has 0 fully saturated rings. The first kappa shape index (κ1) is 29.6. The molecule has 14 heavy (non-hydrogen) atoms. The maximum Gasteiger partial charge on any atom is 2.00 e. The second kappa shape index (κ2) is 29.3. The Labute approximate surface area is 119 Å². The number of methoxy groups -OCH3 is 2. The molecule has 0 spiro atoms. The van der Waals surface area contributed by atoms with Crippen LogP contribution < -0.4 is 24.8 Å². The van der Waals surface area contributed by atoms with Gasteiger partial charge in [-0.3, -0.25) is 0 Å². The van der Waals surface area contributed by atoms with Gasteiger partial charge in [0, 0.05) is 14.2 Å². The second-order valence-electron chi connectivity index (χ2n) is 2.39. The van der Waals surface area contributed by atoms with Crippen molar-refractivity contribution in [3.63, 3.8) is 0 Å². The van der Waals surface area contributed by atoms with E-state index in [4.69, 9.17) is 0 Å². The monoisotopic (exact) mass is 340 g/mol. The Morgan fingerprint density at radius 2 is 1.29 bits per heavy atom. The minimum absolute atomic E-state index is 0. The standard InChI is InChI=1S/C4H10O2.2C2H5.2ClH.Ni.Zn/c1-4(5-2)6-3;2*1-2;;;;/h4H,1-3H3;2*1H2,2H3;2*1H;;/q;;;;;+2;/p-2. The molecule has 0 N–H and O–H groups in total. The molecule has 0 saturated heterocycles. The van der Waals surface area contributed by atoms with Crippen molar-refractivity contribution in [3.8, 4) is 0 Å². The van der Waals surface area contributed by atoms with Gasteiger partial charge in [-0.05, 0) is 6.92 Å². The summed E-state index contributed by atoms with van der Waals surface area (Å²) in [4.78, 5) is 0. The third-order valence-electron chi connectivity index (χ3n) is 1.37. The third-order valence-corrected chi connectivity index (χ3v) is 4.34. The molecular formula is C8H20Cl2NiO2Zn. The van der Waals surface area contributed by atoms with Crippen molar-refractivity contribution in [1.29, 1.82) is 0 Å². The van der Waals surface area contributed by atoms with Crippen molar-refractivity contribution in [1.82, 2.24) is 0 Å². The summed E-state index contributed by atoms with van der Waals surface area (Å²) in [6.07, 6.45) is -0.0648. The molecular weight excluding hydrogens is 323 g/mol. The van der Waals surface area contributed by atoms with E-state index < -0.39 is 0 Å². The van der Waals surface area contributed by atoms with Crippen molar-refractivity contribution in [3.05, 3.63) is 0 Å². The molecule has 2 nitrogen and oxygen atoms in total. The van der Waals surface area contributed by atoms with Crippen LogP contribution in [0.5, 0.6) is 0 Å². The van der Waals surface area contributed by atoms with Crippen molar-refractivity contribution in [2.75, 3.05) is 14.2 Å². The van der Waals surface area contributed by atoms with Gasteiger partial charge in [0.1, 0.15) is 0 Å². The molecule has 0 aliphatic heterocycles. The first-order valence-corrected chi connectivity index (χ1v) is 8.48. The fourth-order valence-electron chi connectivity index (χ4n) is 0.450. The number of ether oxygens (including phenoxy) is 2. The van der Waals surface area contributed by atoms with E-state index in [2.05, 4.69) is 23.3 Å². The Morgan fingerprint density at radius 1 is 1.00 bits per heavy atom. The van der Waals surface area contributed by atoms with E-state index in [1.165, 1.54) is 10.0 Å². The molecule has 0 aliphatic carbocycles.